The molecule has 3 heterocycles. The normalized spacial score (nSPS) is 27.4. The van der Waals surface area contributed by atoms with Gasteiger partial charge >= 0.3 is 0 Å². The SMILES string of the molecule is C1CCC(Cn2nc(C3CCOCC3)nc2[C@@H]2COCCO2)CC1. The third-order valence-corrected chi connectivity index (χ3v) is 5.56. The van der Waals surface area contributed by atoms with Gasteiger partial charge in [-0.25, -0.2) is 9.67 Å². The minimum Gasteiger partial charge on any atom is -0.381 e. The summed E-state index contributed by atoms with van der Waals surface area (Å²) in [6, 6.07) is 0. The molecule has 1 aliphatic carbocycles. The van der Waals surface area contributed by atoms with Crippen molar-refractivity contribution in [1.82, 2.24) is 14.8 Å². The molecule has 4 rings (SSSR count). The van der Waals surface area contributed by atoms with Crippen molar-refractivity contribution in [2.45, 2.75) is 63.5 Å². The molecule has 0 N–H and O–H groups in total. The lowest BCUT2D eigenvalue weighted by atomic mass is 9.89. The molecular weight excluding hydrogens is 306 g/mol. The molecule has 0 aromatic carbocycles. The third kappa shape index (κ3) is 3.81. The van der Waals surface area contributed by atoms with E-state index < -0.39 is 0 Å². The first-order valence-corrected chi connectivity index (χ1v) is 9.62. The average Bonchev–Trinajstić information content (AvgIpc) is 3.08. The van der Waals surface area contributed by atoms with Crippen molar-refractivity contribution >= 4 is 0 Å². The van der Waals surface area contributed by atoms with Gasteiger partial charge in [-0.1, -0.05) is 19.3 Å². The summed E-state index contributed by atoms with van der Waals surface area (Å²) < 4.78 is 19.2. The van der Waals surface area contributed by atoms with Crippen LogP contribution in [0.2, 0.25) is 0 Å². The summed E-state index contributed by atoms with van der Waals surface area (Å²) in [6.07, 6.45) is 8.69. The van der Waals surface area contributed by atoms with E-state index >= 15 is 0 Å². The van der Waals surface area contributed by atoms with Gasteiger partial charge in [0, 0.05) is 25.7 Å². The van der Waals surface area contributed by atoms with Crippen LogP contribution in [-0.4, -0.2) is 47.8 Å². The number of hydrogen-bond acceptors (Lipinski definition) is 5. The van der Waals surface area contributed by atoms with E-state index in [4.69, 9.17) is 24.3 Å². The van der Waals surface area contributed by atoms with Gasteiger partial charge in [-0.2, -0.15) is 5.10 Å². The number of nitrogens with zero attached hydrogens (tertiary/aromatic N) is 3. The first kappa shape index (κ1) is 16.5. The molecule has 0 bridgehead atoms. The third-order valence-electron chi connectivity index (χ3n) is 5.56. The highest BCUT2D eigenvalue weighted by molar-refractivity contribution is 5.04. The second-order valence-corrected chi connectivity index (χ2v) is 7.34. The monoisotopic (exact) mass is 335 g/mol. The van der Waals surface area contributed by atoms with Crippen LogP contribution in [0.4, 0.5) is 0 Å². The summed E-state index contributed by atoms with van der Waals surface area (Å²) in [6.45, 7) is 4.54. The van der Waals surface area contributed by atoms with Gasteiger partial charge < -0.3 is 14.2 Å². The lowest BCUT2D eigenvalue weighted by Crippen LogP contribution is -2.26. The fourth-order valence-electron chi connectivity index (χ4n) is 4.12. The minimum atomic E-state index is -0.0663. The number of rotatable bonds is 4. The fourth-order valence-corrected chi connectivity index (χ4v) is 4.12. The summed E-state index contributed by atoms with van der Waals surface area (Å²) in [4.78, 5) is 4.91. The highest BCUT2D eigenvalue weighted by atomic mass is 16.6. The molecule has 1 aromatic heterocycles. The molecule has 24 heavy (non-hydrogen) atoms. The molecule has 0 radical (unpaired) electrons. The molecule has 1 atom stereocenters. The Hall–Kier alpha value is -0.980. The Bertz CT molecular complexity index is 516. The zero-order chi connectivity index (χ0) is 16.2. The maximum Gasteiger partial charge on any atom is 0.158 e. The van der Waals surface area contributed by atoms with Crippen LogP contribution in [0.5, 0.6) is 0 Å². The van der Waals surface area contributed by atoms with Crippen molar-refractivity contribution in [1.29, 1.82) is 0 Å². The Kier molecular flexibility index (Phi) is 5.45. The number of aromatic nitrogens is 3. The zero-order valence-corrected chi connectivity index (χ0v) is 14.5. The molecule has 0 amide bonds. The summed E-state index contributed by atoms with van der Waals surface area (Å²) in [7, 11) is 0. The fraction of sp³-hybridized carbons (Fsp3) is 0.889. The second-order valence-electron chi connectivity index (χ2n) is 7.34. The van der Waals surface area contributed by atoms with Gasteiger partial charge in [0.1, 0.15) is 6.10 Å². The summed E-state index contributed by atoms with van der Waals surface area (Å²) in [5, 5.41) is 4.92. The zero-order valence-electron chi connectivity index (χ0n) is 14.5. The van der Waals surface area contributed by atoms with Gasteiger partial charge in [0.2, 0.25) is 0 Å². The van der Waals surface area contributed by atoms with Crippen LogP contribution >= 0.6 is 0 Å². The quantitative estimate of drug-likeness (QED) is 0.847. The first-order chi connectivity index (χ1) is 11.9. The van der Waals surface area contributed by atoms with Crippen LogP contribution in [0.3, 0.4) is 0 Å². The molecule has 134 valence electrons. The Morgan fingerprint density at radius 3 is 2.50 bits per heavy atom. The highest BCUT2D eigenvalue weighted by Gasteiger charge is 2.28. The molecule has 6 nitrogen and oxygen atoms in total. The largest absolute Gasteiger partial charge is 0.381 e. The Morgan fingerprint density at radius 1 is 0.917 bits per heavy atom. The Labute approximate surface area is 143 Å². The van der Waals surface area contributed by atoms with Gasteiger partial charge in [-0.05, 0) is 31.6 Å². The van der Waals surface area contributed by atoms with E-state index in [-0.39, 0.29) is 6.10 Å². The van der Waals surface area contributed by atoms with Crippen LogP contribution < -0.4 is 0 Å². The maximum absolute atomic E-state index is 5.92. The van der Waals surface area contributed by atoms with E-state index in [2.05, 4.69) is 4.68 Å². The number of ether oxygens (including phenoxy) is 3. The van der Waals surface area contributed by atoms with Gasteiger partial charge in [-0.3, -0.25) is 0 Å². The molecule has 2 aliphatic heterocycles. The van der Waals surface area contributed by atoms with Crippen molar-refractivity contribution in [3.05, 3.63) is 11.6 Å². The van der Waals surface area contributed by atoms with Crippen LogP contribution in [0, 0.1) is 5.92 Å². The molecule has 3 fully saturated rings. The molecular formula is C18H29N3O3. The van der Waals surface area contributed by atoms with Gasteiger partial charge in [-0.15, -0.1) is 0 Å². The summed E-state index contributed by atoms with van der Waals surface area (Å²) >= 11 is 0. The van der Waals surface area contributed by atoms with E-state index in [0.717, 1.165) is 50.2 Å². The molecule has 6 heteroatoms. The molecule has 0 unspecified atom stereocenters. The van der Waals surface area contributed by atoms with Gasteiger partial charge in [0.15, 0.2) is 11.6 Å². The highest BCUT2D eigenvalue weighted by Crippen LogP contribution is 2.30. The Morgan fingerprint density at radius 2 is 1.75 bits per heavy atom. The van der Waals surface area contributed by atoms with E-state index in [0.29, 0.717) is 25.7 Å². The smallest absolute Gasteiger partial charge is 0.158 e. The van der Waals surface area contributed by atoms with E-state index in [1.54, 1.807) is 0 Å². The van der Waals surface area contributed by atoms with Crippen LogP contribution in [0.15, 0.2) is 0 Å². The van der Waals surface area contributed by atoms with Crippen LogP contribution in [0.25, 0.3) is 0 Å². The predicted octanol–water partition coefficient (Wildman–Crippen LogP) is 2.84. The van der Waals surface area contributed by atoms with Crippen molar-refractivity contribution < 1.29 is 14.2 Å². The molecule has 1 aromatic rings. The van der Waals surface area contributed by atoms with Gasteiger partial charge in [0.05, 0.1) is 19.8 Å². The number of hydrogen-bond donors (Lipinski definition) is 0. The van der Waals surface area contributed by atoms with Crippen molar-refractivity contribution in [2.75, 3.05) is 33.0 Å². The standard InChI is InChI=1S/C18H29N3O3/c1-2-4-14(5-3-1)12-21-18(16-13-23-10-11-24-16)19-17(20-21)15-6-8-22-9-7-15/h14-16H,1-13H2/t16-/m0/s1. The summed E-state index contributed by atoms with van der Waals surface area (Å²) in [5.41, 5.74) is 0. The molecule has 3 aliphatic rings. The lowest BCUT2D eigenvalue weighted by Gasteiger charge is -2.25. The van der Waals surface area contributed by atoms with E-state index in [9.17, 15) is 0 Å². The maximum atomic E-state index is 5.92. The van der Waals surface area contributed by atoms with Gasteiger partial charge in [0.25, 0.3) is 0 Å². The van der Waals surface area contributed by atoms with E-state index in [1.807, 2.05) is 0 Å². The summed E-state index contributed by atoms with van der Waals surface area (Å²) in [5.74, 6) is 3.11. The van der Waals surface area contributed by atoms with E-state index in [1.165, 1.54) is 32.1 Å². The van der Waals surface area contributed by atoms with Crippen LogP contribution in [-0.2, 0) is 20.8 Å². The van der Waals surface area contributed by atoms with Crippen molar-refractivity contribution in [2.24, 2.45) is 5.92 Å². The van der Waals surface area contributed by atoms with Crippen molar-refractivity contribution in [3.63, 3.8) is 0 Å². The minimum absolute atomic E-state index is 0.0663. The van der Waals surface area contributed by atoms with Crippen molar-refractivity contribution in [3.8, 4) is 0 Å². The topological polar surface area (TPSA) is 58.4 Å². The molecule has 0 spiro atoms. The average molecular weight is 335 g/mol. The Balaban J connectivity index is 1.54. The predicted molar refractivity (Wildman–Crippen MR) is 88.9 cm³/mol. The molecule has 1 saturated carbocycles. The second kappa shape index (κ2) is 7.93. The first-order valence-electron chi connectivity index (χ1n) is 9.62. The van der Waals surface area contributed by atoms with Crippen LogP contribution in [0.1, 0.15) is 68.6 Å². The molecule has 2 saturated heterocycles. The lowest BCUT2D eigenvalue weighted by molar-refractivity contribution is -0.0952.